The van der Waals surface area contributed by atoms with Crippen LogP contribution in [0.15, 0.2) is 4.99 Å². The van der Waals surface area contributed by atoms with Gasteiger partial charge in [-0.25, -0.2) is 9.79 Å². The minimum absolute atomic E-state index is 0.156. The summed E-state index contributed by atoms with van der Waals surface area (Å²) in [5.41, 5.74) is 0. The number of aliphatic imine (C=N–C) groups is 1. The van der Waals surface area contributed by atoms with Crippen molar-refractivity contribution in [3.05, 3.63) is 0 Å². The predicted octanol–water partition coefficient (Wildman–Crippen LogP) is -0.297. The van der Waals surface area contributed by atoms with E-state index < -0.39 is 6.10 Å². The molecule has 0 spiro atoms. The van der Waals surface area contributed by atoms with Crippen LogP contribution in [0, 0.1) is 0 Å². The maximum Gasteiger partial charge on any atom is 0.235 e. The van der Waals surface area contributed by atoms with Gasteiger partial charge in [0.1, 0.15) is 0 Å². The average Bonchev–Trinajstić information content (AvgIpc) is 1.61. The molecule has 3 nitrogen and oxygen atoms in total. The molecule has 0 aliphatic carbocycles. The van der Waals surface area contributed by atoms with E-state index >= 15 is 0 Å². The maximum atomic E-state index is 9.31. The molecule has 3 heteroatoms. The van der Waals surface area contributed by atoms with Gasteiger partial charge in [0, 0.05) is 0 Å². The van der Waals surface area contributed by atoms with E-state index in [2.05, 4.69) is 4.99 Å². The second-order valence-corrected chi connectivity index (χ2v) is 1.28. The van der Waals surface area contributed by atoms with Crippen LogP contribution in [0.1, 0.15) is 6.92 Å². The molecule has 1 atom stereocenters. The summed E-state index contributed by atoms with van der Waals surface area (Å²) < 4.78 is 0. The number of carbonyl (C=O) groups excluding carboxylic acids is 1. The van der Waals surface area contributed by atoms with Gasteiger partial charge < -0.3 is 5.11 Å². The molecule has 1 unspecified atom stereocenters. The molecule has 0 rings (SSSR count). The van der Waals surface area contributed by atoms with Crippen molar-refractivity contribution in [3.63, 3.8) is 0 Å². The van der Waals surface area contributed by atoms with Gasteiger partial charge in [0.2, 0.25) is 6.08 Å². The van der Waals surface area contributed by atoms with E-state index in [1.165, 1.54) is 6.08 Å². The Kier molecular flexibility index (Phi) is 3.19. The molecular formula is C4H7NO2. The first-order valence-corrected chi connectivity index (χ1v) is 1.99. The van der Waals surface area contributed by atoms with Crippen LogP contribution >= 0.6 is 0 Å². The van der Waals surface area contributed by atoms with Gasteiger partial charge in [-0.15, -0.1) is 0 Å². The summed E-state index contributed by atoms with van der Waals surface area (Å²) in [4.78, 5) is 12.4. The normalized spacial score (nSPS) is 12.3. The SMILES string of the molecule is CC(O)CN=C=O. The first-order chi connectivity index (χ1) is 3.27. The zero-order chi connectivity index (χ0) is 5.70. The Hall–Kier alpha value is -0.660. The molecule has 0 aliphatic heterocycles. The lowest BCUT2D eigenvalue weighted by Gasteiger charge is -1.90. The highest BCUT2D eigenvalue weighted by atomic mass is 16.3. The Morgan fingerprint density at radius 1 is 2.00 bits per heavy atom. The third-order valence-electron chi connectivity index (χ3n) is 0.420. The molecule has 7 heavy (non-hydrogen) atoms. The number of hydrogen-bond acceptors (Lipinski definition) is 3. The highest BCUT2D eigenvalue weighted by Gasteiger charge is 1.87. The Balaban J connectivity index is 3.13. The van der Waals surface area contributed by atoms with Crippen molar-refractivity contribution in [3.8, 4) is 0 Å². The van der Waals surface area contributed by atoms with Crippen LogP contribution < -0.4 is 0 Å². The smallest absolute Gasteiger partial charge is 0.235 e. The van der Waals surface area contributed by atoms with Gasteiger partial charge in [-0.2, -0.15) is 0 Å². The maximum absolute atomic E-state index is 9.31. The predicted molar refractivity (Wildman–Crippen MR) is 24.7 cm³/mol. The molecule has 0 saturated heterocycles. The van der Waals surface area contributed by atoms with Gasteiger partial charge in [-0.05, 0) is 6.92 Å². The number of nitrogens with zero attached hydrogens (tertiary/aromatic N) is 1. The van der Waals surface area contributed by atoms with Crippen LogP contribution in [0.25, 0.3) is 0 Å². The van der Waals surface area contributed by atoms with Crippen molar-refractivity contribution < 1.29 is 9.90 Å². The van der Waals surface area contributed by atoms with E-state index in [1.807, 2.05) is 0 Å². The first-order valence-electron chi connectivity index (χ1n) is 1.99. The summed E-state index contributed by atoms with van der Waals surface area (Å²) >= 11 is 0. The molecule has 0 aromatic rings. The van der Waals surface area contributed by atoms with E-state index in [0.717, 1.165) is 0 Å². The van der Waals surface area contributed by atoms with Crippen molar-refractivity contribution in [1.29, 1.82) is 0 Å². The van der Waals surface area contributed by atoms with Crippen LogP contribution in [-0.4, -0.2) is 23.8 Å². The van der Waals surface area contributed by atoms with Crippen LogP contribution in [-0.2, 0) is 4.79 Å². The second kappa shape index (κ2) is 3.53. The summed E-state index contributed by atoms with van der Waals surface area (Å²) in [5.74, 6) is 0. The van der Waals surface area contributed by atoms with Crippen molar-refractivity contribution >= 4 is 6.08 Å². The van der Waals surface area contributed by atoms with Gasteiger partial charge in [0.25, 0.3) is 0 Å². The Morgan fingerprint density at radius 2 is 2.57 bits per heavy atom. The molecule has 0 aromatic heterocycles. The van der Waals surface area contributed by atoms with Crippen LogP contribution in [0.4, 0.5) is 0 Å². The summed E-state index contributed by atoms with van der Waals surface area (Å²) in [6.07, 6.45) is 0.788. The topological polar surface area (TPSA) is 49.7 Å². The van der Waals surface area contributed by atoms with Crippen LogP contribution in [0.2, 0.25) is 0 Å². The highest BCUT2D eigenvalue weighted by Crippen LogP contribution is 1.76. The minimum atomic E-state index is -0.526. The monoisotopic (exact) mass is 101 g/mol. The number of isocyanates is 1. The average molecular weight is 101 g/mol. The van der Waals surface area contributed by atoms with Crippen LogP contribution in [0.5, 0.6) is 0 Å². The fourth-order valence-corrected chi connectivity index (χ4v) is 0.169. The largest absolute Gasteiger partial charge is 0.391 e. The van der Waals surface area contributed by atoms with E-state index in [-0.39, 0.29) is 6.54 Å². The van der Waals surface area contributed by atoms with Crippen molar-refractivity contribution in [2.24, 2.45) is 4.99 Å². The number of aliphatic hydroxyl groups excluding tert-OH is 1. The van der Waals surface area contributed by atoms with Crippen molar-refractivity contribution in [2.75, 3.05) is 6.54 Å². The Morgan fingerprint density at radius 3 is 2.71 bits per heavy atom. The molecule has 0 radical (unpaired) electrons. The van der Waals surface area contributed by atoms with Crippen LogP contribution in [0.3, 0.4) is 0 Å². The first kappa shape index (κ1) is 6.34. The third-order valence-corrected chi connectivity index (χ3v) is 0.420. The standard InChI is InChI=1S/C4H7NO2/c1-4(7)2-5-3-6/h4,7H,2H2,1H3. The Bertz CT molecular complexity index is 83.7. The zero-order valence-electron chi connectivity index (χ0n) is 4.09. The molecular weight excluding hydrogens is 94.0 g/mol. The quantitative estimate of drug-likeness (QED) is 0.383. The lowest BCUT2D eigenvalue weighted by molar-refractivity contribution is 0.204. The number of rotatable bonds is 2. The number of aliphatic hydroxyl groups is 1. The lowest BCUT2D eigenvalue weighted by Crippen LogP contribution is -2.02. The lowest BCUT2D eigenvalue weighted by atomic mass is 10.4. The van der Waals surface area contributed by atoms with Gasteiger partial charge in [0.05, 0.1) is 12.6 Å². The highest BCUT2D eigenvalue weighted by molar-refractivity contribution is 5.32. The minimum Gasteiger partial charge on any atom is -0.391 e. The molecule has 0 aromatic carbocycles. The fraction of sp³-hybridized carbons (Fsp3) is 0.750. The molecule has 0 saturated carbocycles. The van der Waals surface area contributed by atoms with Gasteiger partial charge >= 0.3 is 0 Å². The fourth-order valence-electron chi connectivity index (χ4n) is 0.169. The third kappa shape index (κ3) is 5.34. The number of hydrogen-bond donors (Lipinski definition) is 1. The summed E-state index contributed by atoms with van der Waals surface area (Å²) in [6.45, 7) is 1.71. The molecule has 1 N–H and O–H groups in total. The Labute approximate surface area is 41.7 Å². The molecule has 0 heterocycles. The van der Waals surface area contributed by atoms with E-state index in [0.29, 0.717) is 0 Å². The van der Waals surface area contributed by atoms with E-state index in [1.54, 1.807) is 6.92 Å². The summed E-state index contributed by atoms with van der Waals surface area (Å²) in [5, 5.41) is 8.41. The molecule has 0 fully saturated rings. The van der Waals surface area contributed by atoms with Gasteiger partial charge in [-0.1, -0.05) is 0 Å². The molecule has 40 valence electrons. The van der Waals surface area contributed by atoms with Crippen molar-refractivity contribution in [1.82, 2.24) is 0 Å². The van der Waals surface area contributed by atoms with Crippen molar-refractivity contribution in [2.45, 2.75) is 13.0 Å². The van der Waals surface area contributed by atoms with E-state index in [9.17, 15) is 4.79 Å². The molecule has 0 amide bonds. The van der Waals surface area contributed by atoms with Gasteiger partial charge in [0.15, 0.2) is 0 Å². The summed E-state index contributed by atoms with van der Waals surface area (Å²) in [6, 6.07) is 0. The zero-order valence-corrected chi connectivity index (χ0v) is 4.09. The van der Waals surface area contributed by atoms with Gasteiger partial charge in [-0.3, -0.25) is 0 Å². The second-order valence-electron chi connectivity index (χ2n) is 1.28. The summed E-state index contributed by atoms with van der Waals surface area (Å²) in [7, 11) is 0. The molecule has 0 bridgehead atoms. The molecule has 0 aliphatic rings. The van der Waals surface area contributed by atoms with E-state index in [4.69, 9.17) is 5.11 Å².